The molecule has 3 heterocycles. The monoisotopic (exact) mass is 807 g/mol. The van der Waals surface area contributed by atoms with Crippen LogP contribution in [0.3, 0.4) is 0 Å². The molecule has 0 spiro atoms. The number of allylic oxidation sites excluding steroid dienone is 1. The van der Waals surface area contributed by atoms with Crippen LogP contribution in [0.15, 0.2) is 58.7 Å². The molecule has 2 aromatic carbocycles. The van der Waals surface area contributed by atoms with Gasteiger partial charge in [-0.3, -0.25) is 19.2 Å². The Morgan fingerprint density at radius 1 is 1.15 bits per heavy atom. The summed E-state index contributed by atoms with van der Waals surface area (Å²) in [5.41, 5.74) is 3.51. The van der Waals surface area contributed by atoms with E-state index >= 15 is 0 Å². The molecule has 5 N–H and O–H groups in total. The number of benzene rings is 2. The highest BCUT2D eigenvalue weighted by atomic mass is 35.5. The molecule has 292 valence electrons. The number of nitrogens with two attached hydrogens (primary N) is 1. The van der Waals surface area contributed by atoms with Gasteiger partial charge in [-0.15, -0.1) is 0 Å². The van der Waals surface area contributed by atoms with E-state index < -0.39 is 57.6 Å². The third-order valence-electron chi connectivity index (χ3n) is 8.09. The predicted molar refractivity (Wildman–Crippen MR) is 197 cm³/mol. The minimum atomic E-state index is -4.84. The average molecular weight is 808 g/mol. The van der Waals surface area contributed by atoms with Gasteiger partial charge in [0.25, 0.3) is 0 Å². The fraction of sp³-hybridized carbons (Fsp3) is 0.333. The molecular formula is C36H35ClF5N7O5S. The normalized spacial score (nSPS) is 16.1. The largest absolute Gasteiger partial charge is 0.431 e. The standard InChI is InChI=1S/C36H35ClF5N7O5S/c1-35(2,51)11-9-22-5-6-23(24-7-8-26(37)30-32(24)49(3)47-34(30)48-55(4,52)53)31(45-22)27(15-19-13-20(38)16-21(39)14-19)46-29(50)17-44-28-18-54-12-10-25(28)33(43)36(40,41)42/h5-8,13-14,16,27,51H,10,12,15,17-18,43H2,1-4H3,(H,46,50)(H,47,48)/t27-/m0/s1. The number of alkyl halides is 3. The highest BCUT2D eigenvalue weighted by Crippen LogP contribution is 2.40. The van der Waals surface area contributed by atoms with Gasteiger partial charge in [0.05, 0.1) is 52.8 Å². The topological polar surface area (TPSA) is 174 Å². The predicted octanol–water partition coefficient (Wildman–Crippen LogP) is 5.10. The Balaban J connectivity index is 1.69. The van der Waals surface area contributed by atoms with E-state index in [4.69, 9.17) is 27.1 Å². The van der Waals surface area contributed by atoms with E-state index in [-0.39, 0.29) is 70.5 Å². The van der Waals surface area contributed by atoms with Crippen molar-refractivity contribution in [2.45, 2.75) is 44.5 Å². The molecule has 1 fully saturated rings. The number of sulfonamides is 1. The first-order chi connectivity index (χ1) is 25.6. The number of carbonyl (C=O) groups excluding carboxylic acids is 1. The third-order valence-corrected chi connectivity index (χ3v) is 8.97. The molecule has 0 unspecified atom stereocenters. The second kappa shape index (κ2) is 15.9. The minimum Gasteiger partial charge on any atom is -0.394 e. The molecule has 12 nitrogen and oxygen atoms in total. The lowest BCUT2D eigenvalue weighted by Crippen LogP contribution is -2.34. The number of nitrogens with one attached hydrogen (secondary N) is 2. The highest BCUT2D eigenvalue weighted by molar-refractivity contribution is 7.92. The van der Waals surface area contributed by atoms with Crippen molar-refractivity contribution < 1.29 is 45.0 Å². The fourth-order valence-electron chi connectivity index (χ4n) is 5.86. The summed E-state index contributed by atoms with van der Waals surface area (Å²) in [6.45, 7) is 1.85. The number of aromatic nitrogens is 3. The van der Waals surface area contributed by atoms with Crippen LogP contribution in [0.25, 0.3) is 22.0 Å². The van der Waals surface area contributed by atoms with Gasteiger partial charge in [0.2, 0.25) is 15.9 Å². The number of halogens is 6. The summed E-state index contributed by atoms with van der Waals surface area (Å²) >= 11 is 6.57. The summed E-state index contributed by atoms with van der Waals surface area (Å²) in [5.74, 6) is 2.75. The van der Waals surface area contributed by atoms with E-state index in [1.165, 1.54) is 30.7 Å². The Morgan fingerprint density at radius 2 is 1.82 bits per heavy atom. The van der Waals surface area contributed by atoms with E-state index in [0.717, 1.165) is 18.4 Å². The zero-order valence-corrected chi connectivity index (χ0v) is 31.3. The zero-order valence-electron chi connectivity index (χ0n) is 29.8. The van der Waals surface area contributed by atoms with E-state index in [0.29, 0.717) is 22.7 Å². The average Bonchev–Trinajstić information content (AvgIpc) is 3.39. The summed E-state index contributed by atoms with van der Waals surface area (Å²) in [5, 5.41) is 17.7. The second-order valence-corrected chi connectivity index (χ2v) is 15.3. The SMILES string of the molecule is Cn1nc(NS(C)(=O)=O)c2c(Cl)ccc(-c3ccc(C#CC(C)(C)O)nc3[C@H](Cc3cc(F)cc(F)c3)NC(=O)CN=C3COCCC3=C(N)C(F)(F)F)c21. The van der Waals surface area contributed by atoms with Gasteiger partial charge in [-0.2, -0.15) is 18.3 Å². The summed E-state index contributed by atoms with van der Waals surface area (Å²) in [6.07, 6.45) is -4.35. The number of amides is 1. The zero-order chi connectivity index (χ0) is 40.5. The van der Waals surface area contributed by atoms with Gasteiger partial charge in [-0.1, -0.05) is 23.6 Å². The lowest BCUT2D eigenvalue weighted by atomic mass is 9.93. The quantitative estimate of drug-likeness (QED) is 0.134. The van der Waals surface area contributed by atoms with Gasteiger partial charge in [-0.25, -0.2) is 22.2 Å². The molecule has 55 heavy (non-hydrogen) atoms. The van der Waals surface area contributed by atoms with Gasteiger partial charge in [0, 0.05) is 29.8 Å². The number of anilines is 1. The summed E-state index contributed by atoms with van der Waals surface area (Å²) < 4.78 is 103. The number of aliphatic imine (C=N–C) groups is 1. The Kier molecular flexibility index (Phi) is 11.9. The molecule has 19 heteroatoms. The van der Waals surface area contributed by atoms with Crippen molar-refractivity contribution >= 4 is 50.0 Å². The maximum absolute atomic E-state index is 14.5. The molecule has 1 amide bonds. The van der Waals surface area contributed by atoms with Gasteiger partial charge in [0.1, 0.15) is 35.2 Å². The number of pyridine rings is 1. The number of fused-ring (bicyclic) bond motifs is 1. The van der Waals surface area contributed by atoms with E-state index in [9.17, 15) is 40.3 Å². The van der Waals surface area contributed by atoms with Crippen molar-refractivity contribution in [2.24, 2.45) is 17.8 Å². The van der Waals surface area contributed by atoms with Crippen LogP contribution in [-0.4, -0.2) is 77.7 Å². The van der Waals surface area contributed by atoms with Crippen LogP contribution < -0.4 is 15.8 Å². The highest BCUT2D eigenvalue weighted by Gasteiger charge is 2.36. The minimum absolute atomic E-state index is 0.0365. The first-order valence-electron chi connectivity index (χ1n) is 16.4. The summed E-state index contributed by atoms with van der Waals surface area (Å²) in [4.78, 5) is 22.5. The second-order valence-electron chi connectivity index (χ2n) is 13.2. The van der Waals surface area contributed by atoms with Gasteiger partial charge in [0.15, 0.2) is 5.82 Å². The molecule has 0 radical (unpaired) electrons. The maximum atomic E-state index is 14.5. The summed E-state index contributed by atoms with van der Waals surface area (Å²) in [7, 11) is -2.26. The fourth-order valence-corrected chi connectivity index (χ4v) is 6.60. The van der Waals surface area contributed by atoms with Crippen molar-refractivity contribution in [1.82, 2.24) is 20.1 Å². The number of aryl methyl sites for hydroxylation is 1. The number of rotatable bonds is 9. The lowest BCUT2D eigenvalue weighted by Gasteiger charge is -2.23. The molecule has 1 atom stereocenters. The van der Waals surface area contributed by atoms with E-state index in [1.807, 2.05) is 0 Å². The van der Waals surface area contributed by atoms with E-state index in [2.05, 4.69) is 32.0 Å². The smallest absolute Gasteiger partial charge is 0.394 e. The molecule has 1 aliphatic rings. The molecule has 1 aliphatic heterocycles. The van der Waals surface area contributed by atoms with Gasteiger partial charge in [-0.05, 0) is 68.5 Å². The molecular weight excluding hydrogens is 773 g/mol. The van der Waals surface area contributed by atoms with Crippen LogP contribution in [0, 0.1) is 23.5 Å². The van der Waals surface area contributed by atoms with E-state index in [1.54, 1.807) is 19.2 Å². The maximum Gasteiger partial charge on any atom is 0.431 e. The molecule has 4 aromatic rings. The Hall–Kier alpha value is -5.09. The van der Waals surface area contributed by atoms with Crippen molar-refractivity contribution in [2.75, 3.05) is 30.7 Å². The van der Waals surface area contributed by atoms with Crippen molar-refractivity contribution in [3.8, 4) is 23.0 Å². The molecule has 0 saturated carbocycles. The first-order valence-corrected chi connectivity index (χ1v) is 18.7. The first kappa shape index (κ1) is 41.1. The van der Waals surface area contributed by atoms with Crippen LogP contribution >= 0.6 is 11.6 Å². The number of ether oxygens (including phenoxy) is 1. The van der Waals surface area contributed by atoms with Gasteiger partial charge >= 0.3 is 6.18 Å². The Labute approximate surface area is 317 Å². The lowest BCUT2D eigenvalue weighted by molar-refractivity contribution is -0.120. The van der Waals surface area contributed by atoms with Crippen LogP contribution in [0.4, 0.5) is 27.8 Å². The van der Waals surface area contributed by atoms with Crippen LogP contribution in [0.1, 0.15) is 43.3 Å². The van der Waals surface area contributed by atoms with Gasteiger partial charge < -0.3 is 20.9 Å². The number of hydrogen-bond donors (Lipinski definition) is 4. The van der Waals surface area contributed by atoms with Crippen molar-refractivity contribution in [1.29, 1.82) is 0 Å². The number of hydrogen-bond acceptors (Lipinski definition) is 9. The summed E-state index contributed by atoms with van der Waals surface area (Å²) in [6, 6.07) is 7.80. The number of aliphatic hydroxyl groups is 1. The van der Waals surface area contributed by atoms with Crippen LogP contribution in [0.5, 0.6) is 0 Å². The van der Waals surface area contributed by atoms with Crippen LogP contribution in [0.2, 0.25) is 5.02 Å². The Bertz CT molecular complexity index is 2380. The molecule has 2 aromatic heterocycles. The Morgan fingerprint density at radius 3 is 2.45 bits per heavy atom. The number of nitrogens with zero attached hydrogens (tertiary/aromatic N) is 4. The third kappa shape index (κ3) is 10.4. The number of carbonyl (C=O) groups is 1. The molecule has 5 rings (SSSR count). The molecule has 0 bridgehead atoms. The van der Waals surface area contributed by atoms with Crippen LogP contribution in [-0.2, 0) is 33.0 Å². The molecule has 1 saturated heterocycles. The van der Waals surface area contributed by atoms with Crippen molar-refractivity contribution in [3.05, 3.63) is 87.3 Å². The molecule has 0 aliphatic carbocycles. The van der Waals surface area contributed by atoms with Crippen molar-refractivity contribution in [3.63, 3.8) is 0 Å².